The van der Waals surface area contributed by atoms with Gasteiger partial charge in [-0.05, 0) is 37.6 Å². The van der Waals surface area contributed by atoms with Crippen LogP contribution in [0.2, 0.25) is 0 Å². The predicted octanol–water partition coefficient (Wildman–Crippen LogP) is 1.21. The zero-order valence-electron chi connectivity index (χ0n) is 8.26. The highest BCUT2D eigenvalue weighted by molar-refractivity contribution is 5.14. The second-order valence-electron chi connectivity index (χ2n) is 3.73. The number of likely N-dealkylation sites (tertiary alicyclic amines) is 1. The lowest BCUT2D eigenvalue weighted by molar-refractivity contribution is 0.147. The molecule has 1 aromatic heterocycles. The van der Waals surface area contributed by atoms with Crippen LogP contribution in [0.4, 0.5) is 0 Å². The summed E-state index contributed by atoms with van der Waals surface area (Å²) in [5.41, 5.74) is 1.12. The second-order valence-corrected chi connectivity index (χ2v) is 3.73. The van der Waals surface area contributed by atoms with Crippen LogP contribution in [0.25, 0.3) is 0 Å². The maximum Gasteiger partial charge on any atom is 0.0629 e. The lowest BCUT2D eigenvalue weighted by Gasteiger charge is -2.25. The van der Waals surface area contributed by atoms with Crippen LogP contribution in [-0.4, -0.2) is 34.7 Å². The van der Waals surface area contributed by atoms with E-state index in [1.165, 1.54) is 12.8 Å². The van der Waals surface area contributed by atoms with Gasteiger partial charge in [0.15, 0.2) is 0 Å². The number of rotatable bonds is 3. The molecule has 76 valence electrons. The fourth-order valence-corrected chi connectivity index (χ4v) is 2.06. The van der Waals surface area contributed by atoms with Crippen molar-refractivity contribution in [3.8, 4) is 0 Å². The van der Waals surface area contributed by atoms with Crippen LogP contribution >= 0.6 is 0 Å². The summed E-state index contributed by atoms with van der Waals surface area (Å²) in [4.78, 5) is 6.42. The fraction of sp³-hybridized carbons (Fsp3) is 0.545. The maximum atomic E-state index is 9.37. The third kappa shape index (κ3) is 1.94. The van der Waals surface area contributed by atoms with Crippen molar-refractivity contribution in [1.29, 1.82) is 0 Å². The van der Waals surface area contributed by atoms with E-state index in [1.54, 1.807) is 6.20 Å². The number of aliphatic hydroxyl groups excluding tert-OH is 1. The number of aliphatic hydroxyl groups is 1. The molecule has 0 spiro atoms. The quantitative estimate of drug-likeness (QED) is 0.782. The van der Waals surface area contributed by atoms with Crippen LogP contribution in [0.1, 0.15) is 24.4 Å². The molecule has 0 radical (unpaired) electrons. The molecule has 0 aliphatic carbocycles. The molecule has 1 aliphatic heterocycles. The molecule has 1 saturated heterocycles. The number of hydrogen-bond acceptors (Lipinski definition) is 3. The second kappa shape index (κ2) is 4.53. The van der Waals surface area contributed by atoms with Crippen molar-refractivity contribution in [2.45, 2.75) is 18.9 Å². The molecule has 1 atom stereocenters. The first-order valence-electron chi connectivity index (χ1n) is 5.16. The van der Waals surface area contributed by atoms with E-state index in [1.807, 2.05) is 18.3 Å². The van der Waals surface area contributed by atoms with Crippen LogP contribution in [0.5, 0.6) is 0 Å². The zero-order valence-corrected chi connectivity index (χ0v) is 8.26. The largest absolute Gasteiger partial charge is 0.394 e. The molecule has 3 heteroatoms. The first-order chi connectivity index (χ1) is 6.92. The Labute approximate surface area is 84.4 Å². The molecule has 1 aromatic rings. The van der Waals surface area contributed by atoms with Gasteiger partial charge in [0.2, 0.25) is 0 Å². The van der Waals surface area contributed by atoms with Gasteiger partial charge in [-0.15, -0.1) is 0 Å². The number of nitrogens with zero attached hydrogens (tertiary/aromatic N) is 2. The van der Waals surface area contributed by atoms with Crippen molar-refractivity contribution in [1.82, 2.24) is 9.88 Å². The highest BCUT2D eigenvalue weighted by atomic mass is 16.3. The van der Waals surface area contributed by atoms with Crippen molar-refractivity contribution in [3.63, 3.8) is 0 Å². The maximum absolute atomic E-state index is 9.37. The van der Waals surface area contributed by atoms with Gasteiger partial charge in [0, 0.05) is 12.4 Å². The third-order valence-corrected chi connectivity index (χ3v) is 2.82. The standard InChI is InChI=1S/C11H16N2O/c14-9-11(13-6-1-2-7-13)10-4-3-5-12-8-10/h3-5,8,11,14H,1-2,6-7,9H2/t11-/m1/s1. The molecular formula is C11H16N2O. The van der Waals surface area contributed by atoms with Crippen LogP contribution in [0, 0.1) is 0 Å². The van der Waals surface area contributed by atoms with Gasteiger partial charge in [-0.25, -0.2) is 0 Å². The molecule has 1 N–H and O–H groups in total. The fourth-order valence-electron chi connectivity index (χ4n) is 2.06. The summed E-state index contributed by atoms with van der Waals surface area (Å²) in [5, 5.41) is 9.37. The Morgan fingerprint density at radius 1 is 1.43 bits per heavy atom. The SMILES string of the molecule is OC[C@H](c1cccnc1)N1CCCC1. The van der Waals surface area contributed by atoms with Gasteiger partial charge in [-0.1, -0.05) is 6.07 Å². The summed E-state index contributed by atoms with van der Waals surface area (Å²) in [6.07, 6.45) is 6.11. The topological polar surface area (TPSA) is 36.4 Å². The Bertz CT molecular complexity index is 270. The van der Waals surface area contributed by atoms with Gasteiger partial charge in [0.1, 0.15) is 0 Å². The first kappa shape index (κ1) is 9.62. The Morgan fingerprint density at radius 2 is 2.21 bits per heavy atom. The minimum Gasteiger partial charge on any atom is -0.394 e. The van der Waals surface area contributed by atoms with Gasteiger partial charge in [0.25, 0.3) is 0 Å². The summed E-state index contributed by atoms with van der Waals surface area (Å²) in [7, 11) is 0. The molecule has 2 heterocycles. The van der Waals surface area contributed by atoms with E-state index in [2.05, 4.69) is 9.88 Å². The Morgan fingerprint density at radius 3 is 2.79 bits per heavy atom. The van der Waals surface area contributed by atoms with Crippen molar-refractivity contribution in [2.75, 3.05) is 19.7 Å². The van der Waals surface area contributed by atoms with Crippen LogP contribution < -0.4 is 0 Å². The molecule has 1 fully saturated rings. The van der Waals surface area contributed by atoms with Crippen molar-refractivity contribution in [3.05, 3.63) is 30.1 Å². The molecule has 1 aliphatic rings. The van der Waals surface area contributed by atoms with Crippen molar-refractivity contribution >= 4 is 0 Å². The number of hydrogen-bond donors (Lipinski definition) is 1. The molecular weight excluding hydrogens is 176 g/mol. The summed E-state index contributed by atoms with van der Waals surface area (Å²) >= 11 is 0. The number of pyridine rings is 1. The van der Waals surface area contributed by atoms with Crippen LogP contribution in [-0.2, 0) is 0 Å². The highest BCUT2D eigenvalue weighted by Gasteiger charge is 2.22. The van der Waals surface area contributed by atoms with Gasteiger partial charge < -0.3 is 5.11 Å². The lowest BCUT2D eigenvalue weighted by Crippen LogP contribution is -2.28. The van der Waals surface area contributed by atoms with E-state index < -0.39 is 0 Å². The Kier molecular flexibility index (Phi) is 3.11. The van der Waals surface area contributed by atoms with E-state index >= 15 is 0 Å². The van der Waals surface area contributed by atoms with E-state index in [0.717, 1.165) is 18.7 Å². The van der Waals surface area contributed by atoms with E-state index in [4.69, 9.17) is 0 Å². The zero-order chi connectivity index (χ0) is 9.80. The summed E-state index contributed by atoms with van der Waals surface area (Å²) in [5.74, 6) is 0. The van der Waals surface area contributed by atoms with Gasteiger partial charge in [-0.3, -0.25) is 9.88 Å². The average molecular weight is 192 g/mol. The first-order valence-corrected chi connectivity index (χ1v) is 5.16. The molecule has 0 bridgehead atoms. The monoisotopic (exact) mass is 192 g/mol. The lowest BCUT2D eigenvalue weighted by atomic mass is 10.1. The molecule has 0 aromatic carbocycles. The number of aromatic nitrogens is 1. The van der Waals surface area contributed by atoms with Gasteiger partial charge in [-0.2, -0.15) is 0 Å². The van der Waals surface area contributed by atoms with E-state index in [0.29, 0.717) is 0 Å². The summed E-state index contributed by atoms with van der Waals surface area (Å²) in [6, 6.07) is 4.10. The minimum absolute atomic E-state index is 0.145. The molecule has 14 heavy (non-hydrogen) atoms. The average Bonchev–Trinajstić information content (AvgIpc) is 2.74. The Balaban J connectivity index is 2.12. The molecule has 0 saturated carbocycles. The summed E-state index contributed by atoms with van der Waals surface area (Å²) < 4.78 is 0. The molecule has 0 amide bonds. The predicted molar refractivity (Wildman–Crippen MR) is 54.9 cm³/mol. The van der Waals surface area contributed by atoms with Gasteiger partial charge >= 0.3 is 0 Å². The Hall–Kier alpha value is -0.930. The molecule has 0 unspecified atom stereocenters. The molecule has 3 nitrogen and oxygen atoms in total. The van der Waals surface area contributed by atoms with E-state index in [9.17, 15) is 5.11 Å². The smallest absolute Gasteiger partial charge is 0.0629 e. The van der Waals surface area contributed by atoms with Crippen molar-refractivity contribution < 1.29 is 5.11 Å². The van der Waals surface area contributed by atoms with Crippen LogP contribution in [0.15, 0.2) is 24.5 Å². The highest BCUT2D eigenvalue weighted by Crippen LogP contribution is 2.23. The molecule has 2 rings (SSSR count). The van der Waals surface area contributed by atoms with Crippen LogP contribution in [0.3, 0.4) is 0 Å². The third-order valence-electron chi connectivity index (χ3n) is 2.82. The van der Waals surface area contributed by atoms with Crippen molar-refractivity contribution in [2.24, 2.45) is 0 Å². The van der Waals surface area contributed by atoms with E-state index in [-0.39, 0.29) is 12.6 Å². The normalized spacial score (nSPS) is 19.8. The minimum atomic E-state index is 0.145. The van der Waals surface area contributed by atoms with Gasteiger partial charge in [0.05, 0.1) is 12.6 Å². The summed E-state index contributed by atoms with van der Waals surface area (Å²) in [6.45, 7) is 2.38.